The molecule has 1 N–H and O–H groups in total. The highest BCUT2D eigenvalue weighted by Gasteiger charge is 2.21. The molecule has 0 aromatic carbocycles. The van der Waals surface area contributed by atoms with Crippen LogP contribution >= 0.6 is 0 Å². The molecule has 4 nitrogen and oxygen atoms in total. The molecule has 0 aromatic heterocycles. The first-order chi connectivity index (χ1) is 6.62. The minimum atomic E-state index is -1.23. The summed E-state index contributed by atoms with van der Waals surface area (Å²) in [6.45, 7) is 3.87. The van der Waals surface area contributed by atoms with Crippen LogP contribution in [0.5, 0.6) is 0 Å². The molecule has 0 heterocycles. The van der Waals surface area contributed by atoms with Gasteiger partial charge in [-0.3, -0.25) is 0 Å². The van der Waals surface area contributed by atoms with Gasteiger partial charge in [-0.15, -0.1) is 0 Å². The summed E-state index contributed by atoms with van der Waals surface area (Å²) in [4.78, 5) is 10.7. The van der Waals surface area contributed by atoms with Crippen molar-refractivity contribution in [3.8, 4) is 6.07 Å². The molecule has 0 unspecified atom stereocenters. The van der Waals surface area contributed by atoms with Crippen molar-refractivity contribution < 1.29 is 14.6 Å². The van der Waals surface area contributed by atoms with Gasteiger partial charge >= 0.3 is 5.97 Å². The van der Waals surface area contributed by atoms with Crippen LogP contribution in [-0.4, -0.2) is 18.2 Å². The van der Waals surface area contributed by atoms with Crippen molar-refractivity contribution in [2.75, 3.05) is 7.11 Å². The summed E-state index contributed by atoms with van der Waals surface area (Å²) in [7, 11) is 1.40. The normalized spacial score (nSPS) is 11.9. The van der Waals surface area contributed by atoms with Crippen LogP contribution < -0.4 is 0 Å². The smallest absolute Gasteiger partial charge is 0.349 e. The molecular formula is C10H15NO3. The molecule has 0 radical (unpaired) electrons. The zero-order chi connectivity index (χ0) is 11.1. The number of aliphatic carboxylic acids is 1. The Hall–Kier alpha value is -1.50. The second-order valence-electron chi connectivity index (χ2n) is 2.87. The van der Waals surface area contributed by atoms with Gasteiger partial charge in [-0.1, -0.05) is 13.8 Å². The van der Waals surface area contributed by atoms with E-state index in [2.05, 4.69) is 0 Å². The van der Waals surface area contributed by atoms with E-state index in [-0.39, 0.29) is 17.3 Å². The van der Waals surface area contributed by atoms with Crippen LogP contribution in [0.25, 0.3) is 0 Å². The fraction of sp³-hybridized carbons (Fsp3) is 0.600. The Morgan fingerprint density at radius 1 is 1.50 bits per heavy atom. The molecule has 0 atom stereocenters. The average molecular weight is 197 g/mol. The van der Waals surface area contributed by atoms with Crippen molar-refractivity contribution >= 4 is 5.97 Å². The van der Waals surface area contributed by atoms with Gasteiger partial charge in [0.2, 0.25) is 0 Å². The van der Waals surface area contributed by atoms with E-state index in [1.54, 1.807) is 6.07 Å². The van der Waals surface area contributed by atoms with Crippen LogP contribution in [0.3, 0.4) is 0 Å². The van der Waals surface area contributed by atoms with E-state index >= 15 is 0 Å². The van der Waals surface area contributed by atoms with Crippen molar-refractivity contribution in [1.82, 2.24) is 0 Å². The van der Waals surface area contributed by atoms with E-state index in [0.717, 1.165) is 12.8 Å². The van der Waals surface area contributed by atoms with E-state index in [1.165, 1.54) is 7.11 Å². The Balaban J connectivity index is 5.18. The summed E-state index contributed by atoms with van der Waals surface area (Å²) in [5.41, 5.74) is -0.291. The van der Waals surface area contributed by atoms with Crippen LogP contribution in [0.2, 0.25) is 0 Å². The zero-order valence-corrected chi connectivity index (χ0v) is 8.70. The molecule has 0 rings (SSSR count). The predicted octanol–water partition coefficient (Wildman–Crippen LogP) is 1.93. The van der Waals surface area contributed by atoms with Crippen LogP contribution in [0.1, 0.15) is 26.7 Å². The number of hydrogen-bond acceptors (Lipinski definition) is 3. The largest absolute Gasteiger partial charge is 0.499 e. The topological polar surface area (TPSA) is 70.3 Å². The molecular weight excluding hydrogens is 182 g/mol. The Morgan fingerprint density at radius 3 is 2.21 bits per heavy atom. The molecule has 0 aromatic rings. The third-order valence-electron chi connectivity index (χ3n) is 2.15. The maximum Gasteiger partial charge on any atom is 0.349 e. The van der Waals surface area contributed by atoms with Crippen LogP contribution in [-0.2, 0) is 9.53 Å². The molecule has 0 aliphatic carbocycles. The lowest BCUT2D eigenvalue weighted by molar-refractivity contribution is -0.132. The molecule has 0 aliphatic heterocycles. The third kappa shape index (κ3) is 2.77. The zero-order valence-electron chi connectivity index (χ0n) is 8.70. The third-order valence-corrected chi connectivity index (χ3v) is 2.15. The van der Waals surface area contributed by atoms with E-state index < -0.39 is 5.97 Å². The summed E-state index contributed by atoms with van der Waals surface area (Å²) in [6.07, 6.45) is 1.52. The lowest BCUT2D eigenvalue weighted by Crippen LogP contribution is -2.11. The quantitative estimate of drug-likeness (QED) is 0.415. The first kappa shape index (κ1) is 12.5. The minimum absolute atomic E-state index is 0.00532. The predicted molar refractivity (Wildman–Crippen MR) is 51.4 cm³/mol. The van der Waals surface area contributed by atoms with Crippen LogP contribution in [0, 0.1) is 17.2 Å². The molecule has 0 saturated carbocycles. The van der Waals surface area contributed by atoms with Gasteiger partial charge in [0.25, 0.3) is 0 Å². The molecule has 78 valence electrons. The SMILES string of the molecule is CCC(CC)C(OC)=C(C#N)C(=O)O. The number of allylic oxidation sites excluding steroid dienone is 1. The molecule has 14 heavy (non-hydrogen) atoms. The van der Waals surface area contributed by atoms with E-state index in [0.29, 0.717) is 0 Å². The Morgan fingerprint density at radius 2 is 2.00 bits per heavy atom. The van der Waals surface area contributed by atoms with E-state index in [9.17, 15) is 4.79 Å². The fourth-order valence-corrected chi connectivity index (χ4v) is 1.34. The summed E-state index contributed by atoms with van der Waals surface area (Å²) >= 11 is 0. The van der Waals surface area contributed by atoms with E-state index in [4.69, 9.17) is 15.1 Å². The maximum atomic E-state index is 10.7. The number of carboxylic acids is 1. The van der Waals surface area contributed by atoms with Crippen LogP contribution in [0.4, 0.5) is 0 Å². The molecule has 0 fully saturated rings. The second kappa shape index (κ2) is 6.03. The van der Waals surface area contributed by atoms with Gasteiger partial charge in [0.1, 0.15) is 11.8 Å². The van der Waals surface area contributed by atoms with Crippen molar-refractivity contribution in [2.45, 2.75) is 26.7 Å². The second-order valence-corrected chi connectivity index (χ2v) is 2.87. The average Bonchev–Trinajstić information content (AvgIpc) is 2.17. The lowest BCUT2D eigenvalue weighted by Gasteiger charge is -2.16. The summed E-state index contributed by atoms with van der Waals surface area (Å²) < 4.78 is 4.98. The van der Waals surface area contributed by atoms with Gasteiger partial charge in [0, 0.05) is 5.92 Å². The number of nitriles is 1. The van der Waals surface area contributed by atoms with Gasteiger partial charge in [-0.2, -0.15) is 5.26 Å². The summed E-state index contributed by atoms with van der Waals surface area (Å²) in [5.74, 6) is -0.938. The van der Waals surface area contributed by atoms with Crippen LogP contribution in [0.15, 0.2) is 11.3 Å². The Kier molecular flexibility index (Phi) is 5.38. The van der Waals surface area contributed by atoms with Crippen molar-refractivity contribution in [3.05, 3.63) is 11.3 Å². The van der Waals surface area contributed by atoms with Gasteiger partial charge in [0.15, 0.2) is 5.57 Å². The number of rotatable bonds is 5. The highest BCUT2D eigenvalue weighted by molar-refractivity contribution is 5.91. The fourth-order valence-electron chi connectivity index (χ4n) is 1.34. The molecule has 0 spiro atoms. The Labute approximate surface area is 83.8 Å². The summed E-state index contributed by atoms with van der Waals surface area (Å²) in [5, 5.41) is 17.4. The Bertz CT molecular complexity index is 272. The van der Waals surface area contributed by atoms with Gasteiger partial charge in [0.05, 0.1) is 7.11 Å². The van der Waals surface area contributed by atoms with Crippen molar-refractivity contribution in [1.29, 1.82) is 5.26 Å². The summed E-state index contributed by atoms with van der Waals surface area (Å²) in [6, 6.07) is 1.66. The molecule has 0 amide bonds. The molecule has 4 heteroatoms. The number of hydrogen-bond donors (Lipinski definition) is 1. The molecule has 0 bridgehead atoms. The first-order valence-electron chi connectivity index (χ1n) is 4.53. The maximum absolute atomic E-state index is 10.7. The first-order valence-corrected chi connectivity index (χ1v) is 4.53. The van der Waals surface area contributed by atoms with Gasteiger partial charge < -0.3 is 9.84 Å². The number of nitrogens with zero attached hydrogens (tertiary/aromatic N) is 1. The number of ether oxygens (including phenoxy) is 1. The van der Waals surface area contributed by atoms with Gasteiger partial charge in [-0.25, -0.2) is 4.79 Å². The number of carboxylic acid groups (broad SMARTS) is 1. The number of methoxy groups -OCH3 is 1. The monoisotopic (exact) mass is 197 g/mol. The van der Waals surface area contributed by atoms with Gasteiger partial charge in [-0.05, 0) is 12.8 Å². The van der Waals surface area contributed by atoms with Crippen molar-refractivity contribution in [3.63, 3.8) is 0 Å². The highest BCUT2D eigenvalue weighted by Crippen LogP contribution is 2.22. The molecule has 0 saturated heterocycles. The highest BCUT2D eigenvalue weighted by atomic mass is 16.5. The minimum Gasteiger partial charge on any atom is -0.499 e. The van der Waals surface area contributed by atoms with E-state index in [1.807, 2.05) is 13.8 Å². The lowest BCUT2D eigenvalue weighted by atomic mass is 9.97. The van der Waals surface area contributed by atoms with Crippen molar-refractivity contribution in [2.24, 2.45) is 5.92 Å². The standard InChI is InChI=1S/C10H15NO3/c1-4-7(5-2)9(14-3)8(6-11)10(12)13/h7H,4-5H2,1-3H3,(H,12,13). The number of carbonyl (C=O) groups is 1. The molecule has 0 aliphatic rings.